The van der Waals surface area contributed by atoms with Gasteiger partial charge in [-0.1, -0.05) is 19.9 Å². The van der Waals surface area contributed by atoms with Crippen LogP contribution < -0.4 is 0 Å². The van der Waals surface area contributed by atoms with Crippen LogP contribution in [0.3, 0.4) is 0 Å². The number of aromatic nitrogens is 2. The number of benzene rings is 1. The standard InChI is InChI=1S/C17H26N4/c1-4-14-6-7-15-16(12-14)19-17(18-15)13(3)21-10-8-20(5-2)9-11-21/h6-7,12-13H,4-5,8-11H2,1-3H3,(H,18,19). The van der Waals surface area contributed by atoms with E-state index >= 15 is 0 Å². The Morgan fingerprint density at radius 3 is 2.62 bits per heavy atom. The number of fused-ring (bicyclic) bond motifs is 1. The molecule has 1 unspecified atom stereocenters. The van der Waals surface area contributed by atoms with Crippen molar-refractivity contribution in [2.45, 2.75) is 33.2 Å². The molecule has 0 bridgehead atoms. The van der Waals surface area contributed by atoms with Crippen LogP contribution in [0.1, 0.15) is 38.2 Å². The summed E-state index contributed by atoms with van der Waals surface area (Å²) in [7, 11) is 0. The fourth-order valence-electron chi connectivity index (χ4n) is 3.13. The SMILES string of the molecule is CCc1ccc2nc(C(C)N3CCN(CC)CC3)[nH]c2c1. The van der Waals surface area contributed by atoms with E-state index in [0.717, 1.165) is 37.4 Å². The molecule has 0 amide bonds. The molecule has 2 heterocycles. The Balaban J connectivity index is 1.77. The molecule has 1 fully saturated rings. The lowest BCUT2D eigenvalue weighted by Gasteiger charge is -2.36. The van der Waals surface area contributed by atoms with Gasteiger partial charge in [-0.3, -0.25) is 4.90 Å². The maximum atomic E-state index is 4.79. The number of nitrogens with zero attached hydrogens (tertiary/aromatic N) is 3. The van der Waals surface area contributed by atoms with Crippen molar-refractivity contribution in [1.82, 2.24) is 19.8 Å². The molecule has 1 aromatic heterocycles. The molecule has 2 aromatic rings. The van der Waals surface area contributed by atoms with Crippen LogP contribution in [0.2, 0.25) is 0 Å². The van der Waals surface area contributed by atoms with E-state index in [2.05, 4.69) is 53.8 Å². The predicted octanol–water partition coefficient (Wildman–Crippen LogP) is 2.82. The Bertz CT molecular complexity index is 596. The molecule has 114 valence electrons. The van der Waals surface area contributed by atoms with Crippen LogP contribution >= 0.6 is 0 Å². The van der Waals surface area contributed by atoms with Gasteiger partial charge in [0.2, 0.25) is 0 Å². The first-order valence-corrected chi connectivity index (χ1v) is 8.16. The van der Waals surface area contributed by atoms with E-state index in [1.165, 1.54) is 24.2 Å². The molecule has 0 radical (unpaired) electrons. The molecule has 3 rings (SSSR count). The van der Waals surface area contributed by atoms with Crippen molar-refractivity contribution in [3.63, 3.8) is 0 Å². The largest absolute Gasteiger partial charge is 0.341 e. The minimum Gasteiger partial charge on any atom is -0.341 e. The number of nitrogens with one attached hydrogen (secondary N) is 1. The number of hydrogen-bond donors (Lipinski definition) is 1. The summed E-state index contributed by atoms with van der Waals surface area (Å²) in [5, 5.41) is 0. The number of piperazine rings is 1. The number of rotatable bonds is 4. The van der Waals surface area contributed by atoms with Crippen LogP contribution in [0, 0.1) is 0 Å². The highest BCUT2D eigenvalue weighted by Gasteiger charge is 2.23. The number of H-pyrrole nitrogens is 1. The minimum absolute atomic E-state index is 0.362. The highest BCUT2D eigenvalue weighted by molar-refractivity contribution is 5.76. The van der Waals surface area contributed by atoms with E-state index in [9.17, 15) is 0 Å². The van der Waals surface area contributed by atoms with Gasteiger partial charge in [0.25, 0.3) is 0 Å². The predicted molar refractivity (Wildman–Crippen MR) is 87.6 cm³/mol. The first kappa shape index (κ1) is 14.5. The van der Waals surface area contributed by atoms with Crippen molar-refractivity contribution in [3.05, 3.63) is 29.6 Å². The van der Waals surface area contributed by atoms with Gasteiger partial charge in [0, 0.05) is 26.2 Å². The second-order valence-corrected chi connectivity index (χ2v) is 5.97. The van der Waals surface area contributed by atoms with Gasteiger partial charge in [0.05, 0.1) is 17.1 Å². The minimum atomic E-state index is 0.362. The Morgan fingerprint density at radius 2 is 1.95 bits per heavy atom. The Morgan fingerprint density at radius 1 is 1.19 bits per heavy atom. The fourth-order valence-corrected chi connectivity index (χ4v) is 3.13. The third-order valence-electron chi connectivity index (χ3n) is 4.77. The summed E-state index contributed by atoms with van der Waals surface area (Å²) in [4.78, 5) is 13.4. The van der Waals surface area contributed by atoms with Gasteiger partial charge in [-0.15, -0.1) is 0 Å². The lowest BCUT2D eigenvalue weighted by atomic mass is 10.1. The smallest absolute Gasteiger partial charge is 0.124 e. The quantitative estimate of drug-likeness (QED) is 0.938. The lowest BCUT2D eigenvalue weighted by molar-refractivity contribution is 0.103. The highest BCUT2D eigenvalue weighted by atomic mass is 15.3. The van der Waals surface area contributed by atoms with Crippen molar-refractivity contribution < 1.29 is 0 Å². The number of likely N-dealkylation sites (N-methyl/N-ethyl adjacent to an activating group) is 1. The molecule has 0 aliphatic carbocycles. The molecule has 1 aliphatic heterocycles. The van der Waals surface area contributed by atoms with Gasteiger partial charge in [-0.2, -0.15) is 0 Å². The zero-order valence-corrected chi connectivity index (χ0v) is 13.4. The van der Waals surface area contributed by atoms with E-state index in [1.807, 2.05) is 0 Å². The maximum Gasteiger partial charge on any atom is 0.124 e. The van der Waals surface area contributed by atoms with Crippen molar-refractivity contribution in [1.29, 1.82) is 0 Å². The number of aryl methyl sites for hydroxylation is 1. The number of imidazole rings is 1. The molecule has 1 aromatic carbocycles. The van der Waals surface area contributed by atoms with Gasteiger partial charge in [0.1, 0.15) is 5.82 Å². The molecule has 1 atom stereocenters. The molecule has 0 saturated carbocycles. The fraction of sp³-hybridized carbons (Fsp3) is 0.588. The zero-order valence-electron chi connectivity index (χ0n) is 13.4. The zero-order chi connectivity index (χ0) is 14.8. The third kappa shape index (κ3) is 2.97. The normalized spacial score (nSPS) is 19.2. The molecule has 4 nitrogen and oxygen atoms in total. The topological polar surface area (TPSA) is 35.2 Å². The highest BCUT2D eigenvalue weighted by Crippen LogP contribution is 2.23. The molecule has 1 N–H and O–H groups in total. The summed E-state index contributed by atoms with van der Waals surface area (Å²) < 4.78 is 0. The molecule has 1 saturated heterocycles. The summed E-state index contributed by atoms with van der Waals surface area (Å²) in [6, 6.07) is 6.91. The Labute approximate surface area is 127 Å². The maximum absolute atomic E-state index is 4.79. The average Bonchev–Trinajstić information content (AvgIpc) is 2.97. The summed E-state index contributed by atoms with van der Waals surface area (Å²) >= 11 is 0. The van der Waals surface area contributed by atoms with Gasteiger partial charge in [0.15, 0.2) is 0 Å². The molecular formula is C17H26N4. The van der Waals surface area contributed by atoms with Crippen LogP contribution in [0.15, 0.2) is 18.2 Å². The van der Waals surface area contributed by atoms with E-state index in [1.54, 1.807) is 0 Å². The number of aromatic amines is 1. The summed E-state index contributed by atoms with van der Waals surface area (Å²) in [6.45, 7) is 12.4. The van der Waals surface area contributed by atoms with E-state index in [-0.39, 0.29) is 0 Å². The molecular weight excluding hydrogens is 260 g/mol. The Kier molecular flexibility index (Phi) is 4.27. The summed E-state index contributed by atoms with van der Waals surface area (Å²) in [5.41, 5.74) is 3.62. The monoisotopic (exact) mass is 286 g/mol. The van der Waals surface area contributed by atoms with Crippen molar-refractivity contribution in [3.8, 4) is 0 Å². The van der Waals surface area contributed by atoms with E-state index in [0.29, 0.717) is 6.04 Å². The van der Waals surface area contributed by atoms with Crippen molar-refractivity contribution in [2.24, 2.45) is 0 Å². The molecule has 21 heavy (non-hydrogen) atoms. The van der Waals surface area contributed by atoms with Crippen LogP contribution in [0.4, 0.5) is 0 Å². The molecule has 1 aliphatic rings. The van der Waals surface area contributed by atoms with Crippen LogP contribution in [-0.4, -0.2) is 52.5 Å². The second kappa shape index (κ2) is 6.16. The van der Waals surface area contributed by atoms with Gasteiger partial charge >= 0.3 is 0 Å². The van der Waals surface area contributed by atoms with Gasteiger partial charge < -0.3 is 9.88 Å². The number of hydrogen-bond acceptors (Lipinski definition) is 3. The van der Waals surface area contributed by atoms with Crippen LogP contribution in [-0.2, 0) is 6.42 Å². The van der Waals surface area contributed by atoms with Gasteiger partial charge in [-0.25, -0.2) is 4.98 Å². The molecule has 4 heteroatoms. The lowest BCUT2D eigenvalue weighted by Crippen LogP contribution is -2.47. The Hall–Kier alpha value is -1.39. The molecule has 0 spiro atoms. The average molecular weight is 286 g/mol. The second-order valence-electron chi connectivity index (χ2n) is 5.97. The first-order valence-electron chi connectivity index (χ1n) is 8.16. The van der Waals surface area contributed by atoms with Crippen LogP contribution in [0.25, 0.3) is 11.0 Å². The summed E-state index contributed by atoms with van der Waals surface area (Å²) in [5.74, 6) is 1.10. The van der Waals surface area contributed by atoms with E-state index in [4.69, 9.17) is 4.98 Å². The van der Waals surface area contributed by atoms with Crippen LogP contribution in [0.5, 0.6) is 0 Å². The van der Waals surface area contributed by atoms with Crippen molar-refractivity contribution in [2.75, 3.05) is 32.7 Å². The van der Waals surface area contributed by atoms with Gasteiger partial charge in [-0.05, 0) is 37.6 Å². The van der Waals surface area contributed by atoms with E-state index < -0.39 is 0 Å². The third-order valence-corrected chi connectivity index (χ3v) is 4.77. The van der Waals surface area contributed by atoms with Crippen molar-refractivity contribution >= 4 is 11.0 Å². The first-order chi connectivity index (χ1) is 10.2. The summed E-state index contributed by atoms with van der Waals surface area (Å²) in [6.07, 6.45) is 1.07.